The second-order valence-corrected chi connectivity index (χ2v) is 10.8. The van der Waals surface area contributed by atoms with E-state index in [0.29, 0.717) is 0 Å². The molecule has 0 radical (unpaired) electrons. The lowest BCUT2D eigenvalue weighted by atomic mass is 9.66. The molecule has 1 heterocycles. The molecule has 3 aliphatic rings. The highest BCUT2D eigenvalue weighted by molar-refractivity contribution is 5.96. The number of hydrogen-bond donors (Lipinski definition) is 1. The van der Waals surface area contributed by atoms with E-state index >= 15 is 0 Å². The molecule has 1 N–H and O–H groups in total. The molecule has 0 spiro atoms. The van der Waals surface area contributed by atoms with Gasteiger partial charge in [0, 0.05) is 6.54 Å². The molecule has 0 saturated carbocycles. The molecule has 2 aliphatic carbocycles. The van der Waals surface area contributed by atoms with Gasteiger partial charge in [0.15, 0.2) is 0 Å². The van der Waals surface area contributed by atoms with Crippen LogP contribution in [0.25, 0.3) is 39.1 Å². The second-order valence-electron chi connectivity index (χ2n) is 10.8. The summed E-state index contributed by atoms with van der Waals surface area (Å²) in [4.78, 5) is 0. The summed E-state index contributed by atoms with van der Waals surface area (Å²) < 4.78 is 0. The van der Waals surface area contributed by atoms with Crippen molar-refractivity contribution in [3.8, 4) is 22.3 Å². The third-order valence-electron chi connectivity index (χ3n) is 8.86. The summed E-state index contributed by atoms with van der Waals surface area (Å²) in [6, 6.07) is 38.8. The molecular formula is C38H29N. The van der Waals surface area contributed by atoms with E-state index in [1.54, 1.807) is 0 Å². The van der Waals surface area contributed by atoms with E-state index in [2.05, 4.69) is 139 Å². The van der Waals surface area contributed by atoms with E-state index in [9.17, 15) is 0 Å². The minimum Gasteiger partial charge on any atom is -0.387 e. The van der Waals surface area contributed by atoms with Gasteiger partial charge in [-0.05, 0) is 104 Å². The monoisotopic (exact) mass is 499 g/mol. The molecule has 5 aromatic carbocycles. The first-order valence-electron chi connectivity index (χ1n) is 14.0. The minimum atomic E-state index is -0.359. The molecule has 186 valence electrons. The van der Waals surface area contributed by atoms with Crippen molar-refractivity contribution < 1.29 is 0 Å². The molecule has 1 aliphatic heterocycles. The maximum absolute atomic E-state index is 3.37. The van der Waals surface area contributed by atoms with E-state index < -0.39 is 0 Å². The Morgan fingerprint density at radius 2 is 1.49 bits per heavy atom. The highest BCUT2D eigenvalue weighted by atomic mass is 14.8. The standard InChI is InChI=1S/C38H29N/c1-2-9-30(10-3-1)38(31-20-22-39-23-21-31)36-13-7-6-12-34(36)35-19-17-28(25-37(35)38)27-16-18-33-29(24-27)15-14-26-8-4-5-11-32(26)33/h1-3,5-7,9-22,24-25,39H,4,8,23H2. The average Bonchev–Trinajstić information content (AvgIpc) is 3.32. The second kappa shape index (κ2) is 8.71. The predicted molar refractivity (Wildman–Crippen MR) is 164 cm³/mol. The number of dihydropyridines is 1. The van der Waals surface area contributed by atoms with Crippen LogP contribution in [0, 0.1) is 0 Å². The summed E-state index contributed by atoms with van der Waals surface area (Å²) in [7, 11) is 0. The number of allylic oxidation sites excluding steroid dienone is 3. The molecular weight excluding hydrogens is 470 g/mol. The van der Waals surface area contributed by atoms with Crippen LogP contribution in [0.2, 0.25) is 0 Å². The lowest BCUT2D eigenvalue weighted by Crippen LogP contribution is -2.31. The quantitative estimate of drug-likeness (QED) is 0.261. The number of hydrogen-bond acceptors (Lipinski definition) is 1. The van der Waals surface area contributed by atoms with Crippen molar-refractivity contribution in [3.05, 3.63) is 161 Å². The lowest BCUT2D eigenvalue weighted by Gasteiger charge is -2.36. The number of aryl methyl sites for hydroxylation is 1. The fourth-order valence-corrected chi connectivity index (χ4v) is 7.10. The Balaban J connectivity index is 1.37. The molecule has 1 atom stereocenters. The molecule has 5 aromatic rings. The van der Waals surface area contributed by atoms with E-state index in [0.717, 1.165) is 19.4 Å². The summed E-state index contributed by atoms with van der Waals surface area (Å²) >= 11 is 0. The van der Waals surface area contributed by atoms with Gasteiger partial charge in [-0.2, -0.15) is 0 Å². The molecule has 0 fully saturated rings. The van der Waals surface area contributed by atoms with Gasteiger partial charge in [0.25, 0.3) is 0 Å². The van der Waals surface area contributed by atoms with Crippen molar-refractivity contribution >= 4 is 16.8 Å². The zero-order valence-electron chi connectivity index (χ0n) is 21.8. The van der Waals surface area contributed by atoms with E-state index in [1.165, 1.54) is 66.4 Å². The Morgan fingerprint density at radius 1 is 0.667 bits per heavy atom. The summed E-state index contributed by atoms with van der Waals surface area (Å²) in [5, 5.41) is 6.03. The molecule has 0 amide bonds. The zero-order valence-corrected chi connectivity index (χ0v) is 21.8. The van der Waals surface area contributed by atoms with Gasteiger partial charge in [0.2, 0.25) is 0 Å². The van der Waals surface area contributed by atoms with Gasteiger partial charge >= 0.3 is 0 Å². The van der Waals surface area contributed by atoms with Gasteiger partial charge in [0.1, 0.15) is 0 Å². The van der Waals surface area contributed by atoms with Crippen molar-refractivity contribution in [1.82, 2.24) is 5.32 Å². The smallest absolute Gasteiger partial charge is 0.0711 e. The summed E-state index contributed by atoms with van der Waals surface area (Å²) in [6.45, 7) is 0.834. The molecule has 0 aromatic heterocycles. The normalized spacial score (nSPS) is 18.7. The maximum atomic E-state index is 3.37. The molecule has 1 nitrogen and oxygen atoms in total. The van der Waals surface area contributed by atoms with E-state index in [4.69, 9.17) is 0 Å². The fourth-order valence-electron chi connectivity index (χ4n) is 7.10. The summed E-state index contributed by atoms with van der Waals surface area (Å²) in [6.07, 6.45) is 13.6. The third kappa shape index (κ3) is 3.26. The van der Waals surface area contributed by atoms with Crippen LogP contribution in [0.4, 0.5) is 0 Å². The first-order valence-corrected chi connectivity index (χ1v) is 14.0. The van der Waals surface area contributed by atoms with Crippen LogP contribution in [-0.2, 0) is 11.8 Å². The summed E-state index contributed by atoms with van der Waals surface area (Å²) in [5.41, 5.74) is 13.0. The van der Waals surface area contributed by atoms with E-state index in [-0.39, 0.29) is 5.41 Å². The van der Waals surface area contributed by atoms with Crippen molar-refractivity contribution in [2.45, 2.75) is 18.3 Å². The van der Waals surface area contributed by atoms with E-state index in [1.807, 2.05) is 0 Å². The maximum Gasteiger partial charge on any atom is 0.0711 e. The molecule has 0 bridgehead atoms. The third-order valence-corrected chi connectivity index (χ3v) is 8.86. The van der Waals surface area contributed by atoms with Gasteiger partial charge in [-0.15, -0.1) is 0 Å². The SMILES string of the molecule is C1=Cc2c(ccc3cc(-c4ccc5c(c4)C(C4=CCNC=C4)(c4ccccc4)c4ccccc4-5)ccc23)CC1. The highest BCUT2D eigenvalue weighted by Gasteiger charge is 2.46. The number of fused-ring (bicyclic) bond motifs is 6. The molecule has 39 heavy (non-hydrogen) atoms. The highest BCUT2D eigenvalue weighted by Crippen LogP contribution is 2.57. The predicted octanol–water partition coefficient (Wildman–Crippen LogP) is 8.82. The van der Waals surface area contributed by atoms with Crippen LogP contribution in [-0.4, -0.2) is 6.54 Å². The molecule has 8 rings (SSSR count). The Labute approximate surface area is 229 Å². The number of benzene rings is 5. The van der Waals surface area contributed by atoms with Crippen LogP contribution >= 0.6 is 0 Å². The van der Waals surface area contributed by atoms with Crippen LogP contribution in [0.3, 0.4) is 0 Å². The van der Waals surface area contributed by atoms with Crippen molar-refractivity contribution in [1.29, 1.82) is 0 Å². The lowest BCUT2D eigenvalue weighted by molar-refractivity contribution is 0.749. The van der Waals surface area contributed by atoms with Crippen LogP contribution < -0.4 is 5.32 Å². The van der Waals surface area contributed by atoms with Crippen LogP contribution in [0.1, 0.15) is 34.2 Å². The van der Waals surface area contributed by atoms with Crippen LogP contribution in [0.15, 0.2) is 133 Å². The van der Waals surface area contributed by atoms with Gasteiger partial charge in [0.05, 0.1) is 5.41 Å². The minimum absolute atomic E-state index is 0.359. The average molecular weight is 500 g/mol. The van der Waals surface area contributed by atoms with Gasteiger partial charge < -0.3 is 5.32 Å². The van der Waals surface area contributed by atoms with Crippen molar-refractivity contribution in [2.24, 2.45) is 0 Å². The number of rotatable bonds is 3. The Bertz CT molecular complexity index is 1850. The Morgan fingerprint density at radius 3 is 2.38 bits per heavy atom. The van der Waals surface area contributed by atoms with Gasteiger partial charge in [-0.3, -0.25) is 0 Å². The Hall–Kier alpha value is -4.62. The van der Waals surface area contributed by atoms with Crippen molar-refractivity contribution in [3.63, 3.8) is 0 Å². The molecule has 0 saturated heterocycles. The zero-order chi connectivity index (χ0) is 25.8. The Kier molecular flexibility index (Phi) is 5.00. The topological polar surface area (TPSA) is 12.0 Å². The fraction of sp³-hybridized carbons (Fsp3) is 0.105. The summed E-state index contributed by atoms with van der Waals surface area (Å²) in [5.74, 6) is 0. The van der Waals surface area contributed by atoms with Gasteiger partial charge in [-0.25, -0.2) is 0 Å². The molecule has 1 heteroatoms. The van der Waals surface area contributed by atoms with Gasteiger partial charge in [-0.1, -0.05) is 109 Å². The largest absolute Gasteiger partial charge is 0.387 e. The van der Waals surface area contributed by atoms with Crippen LogP contribution in [0.5, 0.6) is 0 Å². The number of nitrogens with one attached hydrogen (secondary N) is 1. The first kappa shape index (κ1) is 22.4. The molecule has 1 unspecified atom stereocenters. The van der Waals surface area contributed by atoms with Crippen molar-refractivity contribution in [2.75, 3.05) is 6.54 Å². The first-order chi connectivity index (χ1) is 19.3.